The van der Waals surface area contributed by atoms with E-state index in [9.17, 15) is 0 Å². The molecule has 2 saturated heterocycles. The SMILES string of the molecule is CCNC(=NCCCOCC1CCOCC1)NC1CCN(CCOC)CC1.I. The van der Waals surface area contributed by atoms with Crippen molar-refractivity contribution in [2.24, 2.45) is 10.9 Å². The Morgan fingerprint density at radius 3 is 2.57 bits per heavy atom. The summed E-state index contributed by atoms with van der Waals surface area (Å²) in [7, 11) is 1.77. The van der Waals surface area contributed by atoms with Crippen LogP contribution >= 0.6 is 24.0 Å². The zero-order valence-corrected chi connectivity index (χ0v) is 20.1. The van der Waals surface area contributed by atoms with Crippen LogP contribution in [0.1, 0.15) is 39.0 Å². The topological polar surface area (TPSA) is 67.4 Å². The fourth-order valence-electron chi connectivity index (χ4n) is 3.56. The highest BCUT2D eigenvalue weighted by atomic mass is 127. The molecule has 0 atom stereocenters. The Balaban J connectivity index is 0.00000392. The van der Waals surface area contributed by atoms with Gasteiger partial charge >= 0.3 is 0 Å². The fraction of sp³-hybridized carbons (Fsp3) is 0.950. The van der Waals surface area contributed by atoms with Crippen LogP contribution in [0.5, 0.6) is 0 Å². The third-order valence-electron chi connectivity index (χ3n) is 5.30. The standard InChI is InChI=1S/C20H40N4O3.HI/c1-3-21-20(23-19-5-10-24(11-6-19)12-16-25-2)22-9-4-13-27-17-18-7-14-26-15-8-18;/h18-19H,3-17H2,1-2H3,(H2,21,22,23);1H. The second-order valence-corrected chi connectivity index (χ2v) is 7.50. The first-order valence-corrected chi connectivity index (χ1v) is 10.7. The van der Waals surface area contributed by atoms with Crippen molar-refractivity contribution in [3.63, 3.8) is 0 Å². The van der Waals surface area contributed by atoms with Crippen molar-refractivity contribution in [3.8, 4) is 0 Å². The van der Waals surface area contributed by atoms with Gasteiger partial charge in [0.15, 0.2) is 5.96 Å². The van der Waals surface area contributed by atoms with Crippen LogP contribution in [0, 0.1) is 5.92 Å². The molecule has 2 aliphatic heterocycles. The molecule has 2 aliphatic rings. The van der Waals surface area contributed by atoms with Crippen molar-refractivity contribution < 1.29 is 14.2 Å². The van der Waals surface area contributed by atoms with Gasteiger partial charge in [0.05, 0.1) is 6.61 Å². The Hall–Kier alpha value is -0.160. The highest BCUT2D eigenvalue weighted by molar-refractivity contribution is 14.0. The molecule has 2 fully saturated rings. The van der Waals surface area contributed by atoms with Crippen molar-refractivity contribution in [1.29, 1.82) is 0 Å². The molecule has 2 N–H and O–H groups in total. The monoisotopic (exact) mass is 512 g/mol. The fourth-order valence-corrected chi connectivity index (χ4v) is 3.56. The molecule has 2 heterocycles. The first-order valence-electron chi connectivity index (χ1n) is 10.7. The summed E-state index contributed by atoms with van der Waals surface area (Å²) in [5.41, 5.74) is 0. The maximum absolute atomic E-state index is 5.83. The van der Waals surface area contributed by atoms with Crippen LogP contribution in [0.15, 0.2) is 4.99 Å². The highest BCUT2D eigenvalue weighted by Crippen LogP contribution is 2.14. The third-order valence-corrected chi connectivity index (χ3v) is 5.30. The summed E-state index contributed by atoms with van der Waals surface area (Å²) < 4.78 is 16.4. The molecule has 0 aromatic heterocycles. The molecule has 8 heteroatoms. The van der Waals surface area contributed by atoms with Gasteiger partial charge in [-0.2, -0.15) is 0 Å². The molecule has 0 aromatic rings. The number of aliphatic imine (C=N–C) groups is 1. The molecule has 7 nitrogen and oxygen atoms in total. The number of nitrogens with zero attached hydrogens (tertiary/aromatic N) is 2. The zero-order chi connectivity index (χ0) is 19.2. The molecular weight excluding hydrogens is 471 g/mol. The van der Waals surface area contributed by atoms with Crippen molar-refractivity contribution in [3.05, 3.63) is 0 Å². The second-order valence-electron chi connectivity index (χ2n) is 7.50. The smallest absolute Gasteiger partial charge is 0.191 e. The zero-order valence-electron chi connectivity index (χ0n) is 17.8. The number of hydrogen-bond acceptors (Lipinski definition) is 5. The first kappa shape index (κ1) is 25.9. The van der Waals surface area contributed by atoms with Gasteiger partial charge in [0.1, 0.15) is 0 Å². The Bertz CT molecular complexity index is 401. The van der Waals surface area contributed by atoms with Crippen LogP contribution in [-0.2, 0) is 14.2 Å². The van der Waals surface area contributed by atoms with Crippen molar-refractivity contribution in [1.82, 2.24) is 15.5 Å². The van der Waals surface area contributed by atoms with Crippen LogP contribution in [0.25, 0.3) is 0 Å². The molecule has 2 rings (SSSR count). The van der Waals surface area contributed by atoms with Gasteiger partial charge in [-0.15, -0.1) is 24.0 Å². The minimum atomic E-state index is 0. The van der Waals surface area contributed by atoms with E-state index in [2.05, 4.69) is 22.5 Å². The lowest BCUT2D eigenvalue weighted by atomic mass is 10.0. The number of likely N-dealkylation sites (tertiary alicyclic amines) is 1. The Morgan fingerprint density at radius 2 is 1.89 bits per heavy atom. The van der Waals surface area contributed by atoms with Crippen molar-refractivity contribution >= 4 is 29.9 Å². The third kappa shape index (κ3) is 11.1. The molecular formula is C20H41IN4O3. The van der Waals surface area contributed by atoms with E-state index in [1.165, 1.54) is 0 Å². The lowest BCUT2D eigenvalue weighted by molar-refractivity contribution is 0.0205. The van der Waals surface area contributed by atoms with E-state index in [1.807, 2.05) is 0 Å². The molecule has 0 saturated carbocycles. The number of hydrogen-bond donors (Lipinski definition) is 2. The van der Waals surface area contributed by atoms with Crippen molar-refractivity contribution in [2.75, 3.05) is 72.9 Å². The minimum absolute atomic E-state index is 0. The summed E-state index contributed by atoms with van der Waals surface area (Å²) in [6.07, 6.45) is 5.55. The van der Waals surface area contributed by atoms with Gasteiger partial charge < -0.3 is 29.7 Å². The van der Waals surface area contributed by atoms with E-state index in [1.54, 1.807) is 7.11 Å². The van der Waals surface area contributed by atoms with E-state index in [-0.39, 0.29) is 24.0 Å². The number of guanidine groups is 1. The van der Waals surface area contributed by atoms with Gasteiger partial charge in [-0.3, -0.25) is 4.99 Å². The minimum Gasteiger partial charge on any atom is -0.383 e. The summed E-state index contributed by atoms with van der Waals surface area (Å²) in [5, 5.41) is 6.97. The summed E-state index contributed by atoms with van der Waals surface area (Å²) in [6.45, 7) is 11.3. The molecule has 0 radical (unpaired) electrons. The number of rotatable bonds is 11. The van der Waals surface area contributed by atoms with E-state index in [4.69, 9.17) is 19.2 Å². The molecule has 0 bridgehead atoms. The van der Waals surface area contributed by atoms with Gasteiger partial charge in [-0.25, -0.2) is 0 Å². The lowest BCUT2D eigenvalue weighted by Crippen LogP contribution is -2.49. The van der Waals surface area contributed by atoms with Crippen LogP contribution in [0.3, 0.4) is 0 Å². The number of ether oxygens (including phenoxy) is 3. The second kappa shape index (κ2) is 16.6. The van der Waals surface area contributed by atoms with Gasteiger partial charge in [0.2, 0.25) is 0 Å². The summed E-state index contributed by atoms with van der Waals surface area (Å²) in [4.78, 5) is 7.20. The summed E-state index contributed by atoms with van der Waals surface area (Å²) in [5.74, 6) is 1.62. The molecule has 166 valence electrons. The number of nitrogens with one attached hydrogen (secondary N) is 2. The van der Waals surface area contributed by atoms with Crippen LogP contribution in [0.2, 0.25) is 0 Å². The van der Waals surface area contributed by atoms with E-state index < -0.39 is 0 Å². The van der Waals surface area contributed by atoms with Crippen LogP contribution in [-0.4, -0.2) is 89.8 Å². The first-order chi connectivity index (χ1) is 13.3. The van der Waals surface area contributed by atoms with E-state index >= 15 is 0 Å². The van der Waals surface area contributed by atoms with Crippen molar-refractivity contribution in [2.45, 2.75) is 45.1 Å². The normalized spacial score (nSPS) is 20.0. The van der Waals surface area contributed by atoms with Gasteiger partial charge in [0, 0.05) is 72.3 Å². The molecule has 0 aliphatic carbocycles. The average molecular weight is 512 g/mol. The highest BCUT2D eigenvalue weighted by Gasteiger charge is 2.19. The lowest BCUT2D eigenvalue weighted by Gasteiger charge is -2.32. The number of piperidine rings is 1. The van der Waals surface area contributed by atoms with E-state index in [0.717, 1.165) is 104 Å². The summed E-state index contributed by atoms with van der Waals surface area (Å²) in [6, 6.07) is 0.506. The Labute approximate surface area is 188 Å². The maximum Gasteiger partial charge on any atom is 0.191 e. The molecule has 0 aromatic carbocycles. The van der Waals surface area contributed by atoms with E-state index in [0.29, 0.717) is 12.0 Å². The van der Waals surface area contributed by atoms with Gasteiger partial charge in [-0.1, -0.05) is 0 Å². The quantitative estimate of drug-likeness (QED) is 0.191. The molecule has 28 heavy (non-hydrogen) atoms. The molecule has 0 amide bonds. The van der Waals surface area contributed by atoms with Gasteiger partial charge in [-0.05, 0) is 44.9 Å². The molecule has 0 unspecified atom stereocenters. The van der Waals surface area contributed by atoms with Gasteiger partial charge in [0.25, 0.3) is 0 Å². The Kier molecular flexibility index (Phi) is 15.4. The number of halogens is 1. The average Bonchev–Trinajstić information content (AvgIpc) is 2.71. The predicted molar refractivity (Wildman–Crippen MR) is 125 cm³/mol. The maximum atomic E-state index is 5.83. The largest absolute Gasteiger partial charge is 0.383 e. The predicted octanol–water partition coefficient (Wildman–Crippen LogP) is 2.10. The molecule has 0 spiro atoms. The van der Waals surface area contributed by atoms with Crippen LogP contribution in [0.4, 0.5) is 0 Å². The van der Waals surface area contributed by atoms with Crippen LogP contribution < -0.4 is 10.6 Å². The number of methoxy groups -OCH3 is 1. The Morgan fingerprint density at radius 1 is 1.14 bits per heavy atom. The summed E-state index contributed by atoms with van der Waals surface area (Å²) >= 11 is 0.